The van der Waals surface area contributed by atoms with Crippen molar-refractivity contribution in [2.75, 3.05) is 0 Å². The van der Waals surface area contributed by atoms with Crippen molar-refractivity contribution in [2.45, 2.75) is 0 Å². The number of hydrogen-bond donors (Lipinski definition) is 0. The summed E-state index contributed by atoms with van der Waals surface area (Å²) < 4.78 is 37.2. The zero-order valence-corrected chi connectivity index (χ0v) is 41.3. The van der Waals surface area contributed by atoms with E-state index in [1.165, 1.54) is 18.2 Å². The first-order valence-electron chi connectivity index (χ1n) is 25.3. The zero-order chi connectivity index (χ0) is 52.3. The van der Waals surface area contributed by atoms with Gasteiger partial charge >= 0.3 is 0 Å². The largest absolute Gasteiger partial charge is 0.309 e. The average Bonchev–Trinajstić information content (AvgIpc) is 4.22. The van der Waals surface area contributed by atoms with Gasteiger partial charge in [-0.3, -0.25) is 0 Å². The quantitative estimate of drug-likeness (QED) is 0.142. The second-order valence-electron chi connectivity index (χ2n) is 18.8. The number of benzene rings is 10. The molecule has 14 rings (SSSR count). The molecule has 0 bridgehead atoms. The summed E-state index contributed by atoms with van der Waals surface area (Å²) in [6.45, 7) is 0. The van der Waals surface area contributed by atoms with Crippen LogP contribution >= 0.6 is 0 Å². The minimum atomic E-state index is -0.748. The van der Waals surface area contributed by atoms with Crippen molar-refractivity contribution in [3.05, 3.63) is 254 Å². The van der Waals surface area contributed by atoms with Gasteiger partial charge in [-0.25, -0.2) is 38.7 Å². The maximum absolute atomic E-state index is 16.6. The summed E-state index contributed by atoms with van der Waals surface area (Å²) in [5, 5.41) is 14.8. The van der Waals surface area contributed by atoms with Gasteiger partial charge in [0.15, 0.2) is 34.9 Å². The summed E-state index contributed by atoms with van der Waals surface area (Å²) >= 11 is 0. The van der Waals surface area contributed by atoms with Crippen LogP contribution in [0, 0.1) is 23.0 Å². The van der Waals surface area contributed by atoms with E-state index in [4.69, 9.17) is 29.9 Å². The van der Waals surface area contributed by atoms with Crippen molar-refractivity contribution in [1.82, 2.24) is 39.0 Å². The van der Waals surface area contributed by atoms with Crippen molar-refractivity contribution in [3.63, 3.8) is 0 Å². The van der Waals surface area contributed by atoms with Crippen LogP contribution < -0.4 is 0 Å². The summed E-state index contributed by atoms with van der Waals surface area (Å²) in [7, 11) is 0. The van der Waals surface area contributed by atoms with Gasteiger partial charge in [-0.05, 0) is 72.8 Å². The Morgan fingerprint density at radius 2 is 0.654 bits per heavy atom. The standard InChI is InChI=1S/C67H39F2N9/c68-53-28-17-29-54(69)61(53)52-39-59(77-55-30-15-13-26-48(55)50-36-45(32-34-57(50)77)66-73-62(41-18-5-1-6-19-41)71-63(74-66)42-20-7-2-8-21-42)47(40-70)38-60(52)78-56-31-16-14-27-49(56)51-37-46(33-35-58(51)78)67-75-64(43-22-9-3-10-23-43)72-65(76-67)44-24-11-4-12-25-44/h1-39H. The number of para-hydroxylation sites is 2. The number of rotatable bonds is 9. The molecule has 14 aromatic rings. The normalized spacial score (nSPS) is 11.4. The lowest BCUT2D eigenvalue weighted by Gasteiger charge is -2.19. The molecule has 0 aliphatic rings. The molecular weight excluding hydrogens is 969 g/mol. The van der Waals surface area contributed by atoms with E-state index in [0.29, 0.717) is 46.3 Å². The molecule has 9 nitrogen and oxygen atoms in total. The topological polar surface area (TPSA) is 111 Å². The molecule has 0 atom stereocenters. The highest BCUT2D eigenvalue weighted by Crippen LogP contribution is 2.43. The van der Waals surface area contributed by atoms with Crippen LogP contribution in [0.1, 0.15) is 5.56 Å². The maximum atomic E-state index is 16.6. The van der Waals surface area contributed by atoms with Crippen LogP contribution in [0.3, 0.4) is 0 Å². The Labute approximate surface area is 445 Å². The highest BCUT2D eigenvalue weighted by molar-refractivity contribution is 6.12. The molecule has 0 amide bonds. The van der Waals surface area contributed by atoms with Crippen LogP contribution in [-0.2, 0) is 0 Å². The molecule has 366 valence electrons. The SMILES string of the molecule is N#Cc1cc(-n2c3ccccc3c3cc(-c4nc(-c5ccccc5)nc(-c5ccccc5)n4)ccc32)c(-c2c(F)cccc2F)cc1-n1c2ccccc2c2cc(-c3nc(-c4ccccc4)nc(-c4ccccc4)n3)ccc21. The Balaban J connectivity index is 0.971. The average molecular weight is 1010 g/mol. The predicted octanol–water partition coefficient (Wildman–Crippen LogP) is 16.1. The third-order valence-electron chi connectivity index (χ3n) is 14.2. The molecule has 0 spiro atoms. The Morgan fingerprint density at radius 1 is 0.308 bits per heavy atom. The van der Waals surface area contributed by atoms with Gasteiger partial charge in [-0.2, -0.15) is 5.26 Å². The van der Waals surface area contributed by atoms with Gasteiger partial charge in [-0.1, -0.05) is 164 Å². The van der Waals surface area contributed by atoms with Crippen molar-refractivity contribution in [1.29, 1.82) is 5.26 Å². The molecule has 0 aliphatic heterocycles. The fraction of sp³-hybridized carbons (Fsp3) is 0. The van der Waals surface area contributed by atoms with E-state index in [0.717, 1.165) is 77.0 Å². The van der Waals surface area contributed by atoms with Crippen molar-refractivity contribution < 1.29 is 8.78 Å². The van der Waals surface area contributed by atoms with Gasteiger partial charge in [0.1, 0.15) is 17.7 Å². The monoisotopic (exact) mass is 1010 g/mol. The van der Waals surface area contributed by atoms with Crippen molar-refractivity contribution >= 4 is 43.6 Å². The van der Waals surface area contributed by atoms with Gasteiger partial charge in [0, 0.05) is 60.5 Å². The van der Waals surface area contributed by atoms with Crippen LogP contribution in [0.25, 0.3) is 134 Å². The highest BCUT2D eigenvalue weighted by atomic mass is 19.1. The van der Waals surface area contributed by atoms with E-state index >= 15 is 8.78 Å². The minimum absolute atomic E-state index is 0.228. The third-order valence-corrected chi connectivity index (χ3v) is 14.2. The summed E-state index contributed by atoms with van der Waals surface area (Å²) in [5.41, 5.74) is 9.11. The van der Waals surface area contributed by atoms with Gasteiger partial charge in [0.25, 0.3) is 0 Å². The Hall–Kier alpha value is -10.8. The van der Waals surface area contributed by atoms with E-state index < -0.39 is 11.6 Å². The Kier molecular flexibility index (Phi) is 11.0. The second-order valence-corrected chi connectivity index (χ2v) is 18.8. The molecule has 0 saturated carbocycles. The maximum Gasteiger partial charge on any atom is 0.164 e. The molecule has 11 heteroatoms. The minimum Gasteiger partial charge on any atom is -0.309 e. The fourth-order valence-corrected chi connectivity index (χ4v) is 10.6. The number of halogens is 2. The van der Waals surface area contributed by atoms with Crippen LogP contribution in [0.5, 0.6) is 0 Å². The molecule has 4 aromatic heterocycles. The number of nitriles is 1. The number of hydrogen-bond acceptors (Lipinski definition) is 7. The Morgan fingerprint density at radius 3 is 1.05 bits per heavy atom. The first-order chi connectivity index (χ1) is 38.5. The summed E-state index contributed by atoms with van der Waals surface area (Å²) in [6.07, 6.45) is 0. The van der Waals surface area contributed by atoms with Crippen LogP contribution in [0.2, 0.25) is 0 Å². The van der Waals surface area contributed by atoms with Crippen molar-refractivity contribution in [2.24, 2.45) is 0 Å². The molecule has 0 unspecified atom stereocenters. The molecule has 0 aliphatic carbocycles. The van der Waals surface area contributed by atoms with Crippen molar-refractivity contribution in [3.8, 4) is 96.9 Å². The van der Waals surface area contributed by atoms with Gasteiger partial charge in [0.2, 0.25) is 0 Å². The van der Waals surface area contributed by atoms with Gasteiger partial charge in [0.05, 0.1) is 44.6 Å². The lowest BCUT2D eigenvalue weighted by atomic mass is 9.98. The van der Waals surface area contributed by atoms with Gasteiger partial charge in [-0.15, -0.1) is 0 Å². The second kappa shape index (κ2) is 18.8. The molecule has 78 heavy (non-hydrogen) atoms. The fourth-order valence-electron chi connectivity index (χ4n) is 10.6. The molecule has 0 saturated heterocycles. The summed E-state index contributed by atoms with van der Waals surface area (Å²) in [5.74, 6) is 1.61. The first-order valence-corrected chi connectivity index (χ1v) is 25.3. The third kappa shape index (κ3) is 7.83. The molecule has 0 N–H and O–H groups in total. The van der Waals surface area contributed by atoms with Gasteiger partial charge < -0.3 is 9.13 Å². The lowest BCUT2D eigenvalue weighted by Crippen LogP contribution is -2.05. The number of aromatic nitrogens is 8. The highest BCUT2D eigenvalue weighted by Gasteiger charge is 2.26. The number of fused-ring (bicyclic) bond motifs is 6. The van der Waals surface area contributed by atoms with E-state index in [1.54, 1.807) is 12.1 Å². The van der Waals surface area contributed by atoms with E-state index in [1.807, 2.05) is 209 Å². The summed E-state index contributed by atoms with van der Waals surface area (Å²) in [6, 6.07) is 76.9. The van der Waals surface area contributed by atoms with E-state index in [9.17, 15) is 5.26 Å². The molecule has 10 aromatic carbocycles. The Bertz CT molecular complexity index is 4570. The smallest absolute Gasteiger partial charge is 0.164 e. The van der Waals surface area contributed by atoms with E-state index in [2.05, 4.69) is 12.1 Å². The van der Waals surface area contributed by atoms with E-state index in [-0.39, 0.29) is 16.7 Å². The molecular formula is C67H39F2N9. The summed E-state index contributed by atoms with van der Waals surface area (Å²) in [4.78, 5) is 29.9. The van der Waals surface area contributed by atoms with Crippen LogP contribution in [0.15, 0.2) is 237 Å². The van der Waals surface area contributed by atoms with Crippen LogP contribution in [-0.4, -0.2) is 39.0 Å². The van der Waals surface area contributed by atoms with Crippen LogP contribution in [0.4, 0.5) is 8.78 Å². The molecule has 4 heterocycles. The number of nitrogens with zero attached hydrogens (tertiary/aromatic N) is 9. The molecule has 0 fully saturated rings. The zero-order valence-electron chi connectivity index (χ0n) is 41.3. The first kappa shape index (κ1) is 45.8. The predicted molar refractivity (Wildman–Crippen MR) is 305 cm³/mol. The lowest BCUT2D eigenvalue weighted by molar-refractivity contribution is 0.589. The molecule has 0 radical (unpaired) electrons.